The molecule has 5 nitrogen and oxygen atoms in total. The van der Waals surface area contributed by atoms with Gasteiger partial charge in [0.2, 0.25) is 5.91 Å². The summed E-state index contributed by atoms with van der Waals surface area (Å²) in [5.41, 5.74) is 1.78. The summed E-state index contributed by atoms with van der Waals surface area (Å²) in [5.74, 6) is -0.0251. The second-order valence-electron chi connectivity index (χ2n) is 6.42. The fourth-order valence-electron chi connectivity index (χ4n) is 3.38. The molecule has 2 heterocycles. The van der Waals surface area contributed by atoms with Crippen molar-refractivity contribution in [3.8, 4) is 0 Å². The summed E-state index contributed by atoms with van der Waals surface area (Å²) < 4.78 is 7.32. The van der Waals surface area contributed by atoms with E-state index in [2.05, 4.69) is 28.6 Å². The van der Waals surface area contributed by atoms with Gasteiger partial charge in [0.25, 0.3) is 0 Å². The fourth-order valence-corrected chi connectivity index (χ4v) is 3.38. The molecule has 0 radical (unpaired) electrons. The number of carbonyl (C=O) groups is 1. The van der Waals surface area contributed by atoms with Crippen molar-refractivity contribution >= 4 is 22.4 Å². The van der Waals surface area contributed by atoms with Crippen molar-refractivity contribution in [2.24, 2.45) is 0 Å². The van der Waals surface area contributed by atoms with Gasteiger partial charge in [0.15, 0.2) is 0 Å². The Morgan fingerprint density at radius 3 is 2.84 bits per heavy atom. The molecule has 0 unspecified atom stereocenters. The number of nitrogens with one attached hydrogen (secondary N) is 1. The van der Waals surface area contributed by atoms with Crippen LogP contribution < -0.4 is 5.32 Å². The largest absolute Gasteiger partial charge is 0.381 e. The van der Waals surface area contributed by atoms with E-state index < -0.39 is 0 Å². The third-order valence-corrected chi connectivity index (χ3v) is 4.68. The molecule has 1 N–H and O–H groups in total. The zero-order valence-electron chi connectivity index (χ0n) is 14.0. The number of nitrogens with zero attached hydrogens (tertiary/aromatic N) is 2. The number of amides is 1. The molecular weight excluding hydrogens is 314 g/mol. The molecule has 25 heavy (non-hydrogen) atoms. The molecule has 0 spiro atoms. The first-order valence-electron chi connectivity index (χ1n) is 8.68. The molecule has 0 bridgehead atoms. The quantitative estimate of drug-likeness (QED) is 0.793. The van der Waals surface area contributed by atoms with Gasteiger partial charge in [0, 0.05) is 19.4 Å². The molecule has 128 valence electrons. The Bertz CT molecular complexity index is 876. The van der Waals surface area contributed by atoms with E-state index in [0.717, 1.165) is 48.1 Å². The number of carbonyl (C=O) groups excluding carboxylic acids is 1. The maximum Gasteiger partial charge on any atom is 0.228 e. The monoisotopic (exact) mass is 335 g/mol. The highest BCUT2D eigenvalue weighted by molar-refractivity contribution is 5.96. The normalized spacial score (nSPS) is 15.4. The molecule has 2 aromatic carbocycles. The Labute approximate surface area is 146 Å². The van der Waals surface area contributed by atoms with Crippen molar-refractivity contribution in [2.75, 3.05) is 18.5 Å². The molecule has 0 aliphatic carbocycles. The number of rotatable bonds is 4. The molecule has 1 amide bonds. The Morgan fingerprint density at radius 1 is 1.16 bits per heavy atom. The summed E-state index contributed by atoms with van der Waals surface area (Å²) in [7, 11) is 0. The number of ether oxygens (including phenoxy) is 1. The van der Waals surface area contributed by atoms with Crippen LogP contribution in [0, 0.1) is 0 Å². The van der Waals surface area contributed by atoms with E-state index in [4.69, 9.17) is 4.74 Å². The van der Waals surface area contributed by atoms with Gasteiger partial charge in [-0.05, 0) is 29.2 Å². The molecule has 1 aliphatic rings. The van der Waals surface area contributed by atoms with E-state index in [1.165, 1.54) is 0 Å². The molecule has 1 aromatic heterocycles. The predicted molar refractivity (Wildman–Crippen MR) is 97.6 cm³/mol. The van der Waals surface area contributed by atoms with Crippen molar-refractivity contribution < 1.29 is 9.53 Å². The van der Waals surface area contributed by atoms with Crippen LogP contribution in [0.1, 0.15) is 24.4 Å². The second-order valence-corrected chi connectivity index (χ2v) is 6.42. The van der Waals surface area contributed by atoms with Gasteiger partial charge in [-0.25, -0.2) is 0 Å². The topological polar surface area (TPSA) is 56.2 Å². The average Bonchev–Trinajstić information content (AvgIpc) is 3.11. The Kier molecular flexibility index (Phi) is 4.48. The molecule has 3 aromatic rings. The number of hydrogen-bond acceptors (Lipinski definition) is 3. The highest BCUT2D eigenvalue weighted by Gasteiger charge is 2.17. The van der Waals surface area contributed by atoms with Crippen LogP contribution in [-0.2, 0) is 16.0 Å². The van der Waals surface area contributed by atoms with Crippen molar-refractivity contribution in [1.82, 2.24) is 9.78 Å². The Hall–Kier alpha value is -2.66. The predicted octanol–water partition coefficient (Wildman–Crippen LogP) is 3.57. The maximum absolute atomic E-state index is 12.4. The lowest BCUT2D eigenvalue weighted by Crippen LogP contribution is -2.20. The van der Waals surface area contributed by atoms with Crippen LogP contribution >= 0.6 is 0 Å². The van der Waals surface area contributed by atoms with Crippen LogP contribution in [0.5, 0.6) is 0 Å². The number of aromatic nitrogens is 2. The van der Waals surface area contributed by atoms with Crippen LogP contribution in [0.25, 0.3) is 10.8 Å². The Morgan fingerprint density at radius 2 is 1.96 bits per heavy atom. The van der Waals surface area contributed by atoms with Crippen LogP contribution in [0.3, 0.4) is 0 Å². The lowest BCUT2D eigenvalue weighted by Gasteiger charge is -2.22. The smallest absolute Gasteiger partial charge is 0.228 e. The molecule has 4 rings (SSSR count). The average molecular weight is 335 g/mol. The fraction of sp³-hybridized carbons (Fsp3) is 0.300. The van der Waals surface area contributed by atoms with E-state index >= 15 is 0 Å². The standard InChI is InChI=1S/C20H21N3O2/c24-20(12-16-6-3-5-15-4-1-2-7-19(15)16)22-17-13-21-23(14-17)18-8-10-25-11-9-18/h1-7,13-14,18H,8-12H2,(H,22,24). The van der Waals surface area contributed by atoms with Crippen molar-refractivity contribution in [3.05, 3.63) is 60.4 Å². The van der Waals surface area contributed by atoms with Gasteiger partial charge < -0.3 is 10.1 Å². The molecule has 0 saturated carbocycles. The van der Waals surface area contributed by atoms with E-state index in [1.54, 1.807) is 6.20 Å². The lowest BCUT2D eigenvalue weighted by atomic mass is 10.0. The minimum atomic E-state index is -0.0251. The molecular formula is C20H21N3O2. The summed E-state index contributed by atoms with van der Waals surface area (Å²) in [4.78, 5) is 12.4. The first-order valence-corrected chi connectivity index (χ1v) is 8.68. The van der Waals surface area contributed by atoms with Gasteiger partial charge in [-0.1, -0.05) is 42.5 Å². The summed E-state index contributed by atoms with van der Waals surface area (Å²) in [6.45, 7) is 1.54. The molecule has 1 fully saturated rings. The zero-order chi connectivity index (χ0) is 17.1. The molecule has 5 heteroatoms. The third kappa shape index (κ3) is 3.56. The first kappa shape index (κ1) is 15.8. The lowest BCUT2D eigenvalue weighted by molar-refractivity contribution is -0.115. The second kappa shape index (κ2) is 7.07. The molecule has 1 aliphatic heterocycles. The van der Waals surface area contributed by atoms with Crippen LogP contribution in [-0.4, -0.2) is 28.9 Å². The maximum atomic E-state index is 12.4. The van der Waals surface area contributed by atoms with E-state index in [-0.39, 0.29) is 5.91 Å². The van der Waals surface area contributed by atoms with Crippen molar-refractivity contribution in [2.45, 2.75) is 25.3 Å². The Balaban J connectivity index is 1.44. The van der Waals surface area contributed by atoms with E-state index in [1.807, 2.05) is 35.1 Å². The minimum Gasteiger partial charge on any atom is -0.381 e. The number of hydrogen-bond donors (Lipinski definition) is 1. The highest BCUT2D eigenvalue weighted by Crippen LogP contribution is 2.22. The highest BCUT2D eigenvalue weighted by atomic mass is 16.5. The van der Waals surface area contributed by atoms with Crippen molar-refractivity contribution in [3.63, 3.8) is 0 Å². The van der Waals surface area contributed by atoms with Crippen LogP contribution in [0.4, 0.5) is 5.69 Å². The van der Waals surface area contributed by atoms with Crippen molar-refractivity contribution in [1.29, 1.82) is 0 Å². The van der Waals surface area contributed by atoms with Gasteiger partial charge in [-0.15, -0.1) is 0 Å². The third-order valence-electron chi connectivity index (χ3n) is 4.68. The minimum absolute atomic E-state index is 0.0251. The van der Waals surface area contributed by atoms with E-state index in [9.17, 15) is 4.79 Å². The van der Waals surface area contributed by atoms with E-state index in [0.29, 0.717) is 12.5 Å². The summed E-state index contributed by atoms with van der Waals surface area (Å²) in [5, 5.41) is 9.63. The van der Waals surface area contributed by atoms with Crippen LogP contribution in [0.2, 0.25) is 0 Å². The van der Waals surface area contributed by atoms with Gasteiger partial charge in [0.05, 0.1) is 24.3 Å². The summed E-state index contributed by atoms with van der Waals surface area (Å²) >= 11 is 0. The van der Waals surface area contributed by atoms with Gasteiger partial charge in [0.1, 0.15) is 0 Å². The summed E-state index contributed by atoms with van der Waals surface area (Å²) in [6.07, 6.45) is 5.91. The van der Waals surface area contributed by atoms with Gasteiger partial charge >= 0.3 is 0 Å². The number of fused-ring (bicyclic) bond motifs is 1. The van der Waals surface area contributed by atoms with Gasteiger partial charge in [-0.2, -0.15) is 5.10 Å². The summed E-state index contributed by atoms with van der Waals surface area (Å²) in [6, 6.07) is 14.6. The zero-order valence-corrected chi connectivity index (χ0v) is 14.0. The number of anilines is 1. The van der Waals surface area contributed by atoms with Gasteiger partial charge in [-0.3, -0.25) is 9.48 Å². The molecule has 0 atom stereocenters. The molecule has 1 saturated heterocycles. The number of benzene rings is 2. The van der Waals surface area contributed by atoms with Crippen LogP contribution in [0.15, 0.2) is 54.9 Å². The first-order chi connectivity index (χ1) is 12.3. The SMILES string of the molecule is O=C(Cc1cccc2ccccc12)Nc1cnn(C2CCOCC2)c1.